The van der Waals surface area contributed by atoms with Crippen molar-refractivity contribution in [3.05, 3.63) is 0 Å². The van der Waals surface area contributed by atoms with Gasteiger partial charge < -0.3 is 9.64 Å². The standard InChI is InChI=1S/C15H33NO/c1-6-15(4)9-7-11-17-12-8-10-16(5)13-14(2)3/h14-15H,6-13H2,1-5H3. The molecule has 0 aliphatic heterocycles. The lowest BCUT2D eigenvalue weighted by atomic mass is 10.0. The van der Waals surface area contributed by atoms with Crippen molar-refractivity contribution < 1.29 is 4.74 Å². The Morgan fingerprint density at radius 3 is 2.29 bits per heavy atom. The van der Waals surface area contributed by atoms with Crippen molar-refractivity contribution in [2.45, 2.75) is 53.4 Å². The molecule has 0 fully saturated rings. The van der Waals surface area contributed by atoms with Gasteiger partial charge in [0.15, 0.2) is 0 Å². The van der Waals surface area contributed by atoms with Crippen LogP contribution in [-0.2, 0) is 4.74 Å². The van der Waals surface area contributed by atoms with Crippen LogP contribution in [0.15, 0.2) is 0 Å². The number of nitrogens with zero attached hydrogens (tertiary/aromatic N) is 1. The van der Waals surface area contributed by atoms with Gasteiger partial charge in [0.2, 0.25) is 0 Å². The van der Waals surface area contributed by atoms with Gasteiger partial charge in [-0.25, -0.2) is 0 Å². The van der Waals surface area contributed by atoms with E-state index in [9.17, 15) is 0 Å². The van der Waals surface area contributed by atoms with E-state index >= 15 is 0 Å². The zero-order valence-electron chi connectivity index (χ0n) is 12.7. The van der Waals surface area contributed by atoms with Gasteiger partial charge in [-0.1, -0.05) is 34.1 Å². The smallest absolute Gasteiger partial charge is 0.0478 e. The third-order valence-electron chi connectivity index (χ3n) is 3.19. The SMILES string of the molecule is CCC(C)CCCOCCCN(C)CC(C)C. The molecule has 0 saturated carbocycles. The molecule has 0 rings (SSSR count). The molecule has 0 spiro atoms. The zero-order chi connectivity index (χ0) is 13.1. The third kappa shape index (κ3) is 12.2. The van der Waals surface area contributed by atoms with Crippen molar-refractivity contribution in [2.24, 2.45) is 11.8 Å². The Morgan fingerprint density at radius 1 is 1.06 bits per heavy atom. The molecule has 0 heterocycles. The normalized spacial score (nSPS) is 13.6. The van der Waals surface area contributed by atoms with Crippen molar-refractivity contribution in [1.82, 2.24) is 4.90 Å². The summed E-state index contributed by atoms with van der Waals surface area (Å²) in [7, 11) is 2.20. The van der Waals surface area contributed by atoms with E-state index < -0.39 is 0 Å². The maximum Gasteiger partial charge on any atom is 0.0478 e. The molecule has 0 N–H and O–H groups in total. The van der Waals surface area contributed by atoms with E-state index in [1.54, 1.807) is 0 Å². The fraction of sp³-hybridized carbons (Fsp3) is 1.00. The summed E-state index contributed by atoms with van der Waals surface area (Å²) in [6.45, 7) is 13.3. The number of rotatable bonds is 11. The van der Waals surface area contributed by atoms with E-state index in [1.807, 2.05) is 0 Å². The average Bonchev–Trinajstić information content (AvgIpc) is 2.26. The van der Waals surface area contributed by atoms with Crippen LogP contribution in [0.25, 0.3) is 0 Å². The van der Waals surface area contributed by atoms with E-state index in [4.69, 9.17) is 4.74 Å². The summed E-state index contributed by atoms with van der Waals surface area (Å²) in [5.74, 6) is 1.62. The highest BCUT2D eigenvalue weighted by Gasteiger charge is 2.01. The summed E-state index contributed by atoms with van der Waals surface area (Å²) in [4.78, 5) is 2.40. The summed E-state index contributed by atoms with van der Waals surface area (Å²) < 4.78 is 5.66. The predicted octanol–water partition coefficient (Wildman–Crippen LogP) is 3.81. The highest BCUT2D eigenvalue weighted by atomic mass is 16.5. The third-order valence-corrected chi connectivity index (χ3v) is 3.19. The second-order valence-electron chi connectivity index (χ2n) is 5.78. The minimum Gasteiger partial charge on any atom is -0.381 e. The van der Waals surface area contributed by atoms with Crippen molar-refractivity contribution >= 4 is 0 Å². The number of hydrogen-bond acceptors (Lipinski definition) is 2. The van der Waals surface area contributed by atoms with Gasteiger partial charge in [-0.15, -0.1) is 0 Å². The van der Waals surface area contributed by atoms with Crippen LogP contribution in [-0.4, -0.2) is 38.3 Å². The Labute approximate surface area is 109 Å². The van der Waals surface area contributed by atoms with E-state index in [-0.39, 0.29) is 0 Å². The van der Waals surface area contributed by atoms with Crippen molar-refractivity contribution in [2.75, 3.05) is 33.4 Å². The fourth-order valence-corrected chi connectivity index (χ4v) is 1.99. The van der Waals surface area contributed by atoms with E-state index in [0.717, 1.165) is 38.0 Å². The molecule has 2 heteroatoms. The lowest BCUT2D eigenvalue weighted by Gasteiger charge is -2.18. The molecule has 2 nitrogen and oxygen atoms in total. The monoisotopic (exact) mass is 243 g/mol. The molecule has 17 heavy (non-hydrogen) atoms. The largest absolute Gasteiger partial charge is 0.381 e. The number of hydrogen-bond donors (Lipinski definition) is 0. The van der Waals surface area contributed by atoms with Crippen LogP contribution < -0.4 is 0 Å². The lowest BCUT2D eigenvalue weighted by Crippen LogP contribution is -2.25. The highest BCUT2D eigenvalue weighted by molar-refractivity contribution is 4.54. The van der Waals surface area contributed by atoms with Gasteiger partial charge >= 0.3 is 0 Å². The molecule has 0 aliphatic carbocycles. The van der Waals surface area contributed by atoms with E-state index in [0.29, 0.717) is 0 Å². The first-order valence-electron chi connectivity index (χ1n) is 7.32. The Balaban J connectivity index is 3.18. The van der Waals surface area contributed by atoms with Crippen LogP contribution in [0.1, 0.15) is 53.4 Å². The van der Waals surface area contributed by atoms with Gasteiger partial charge in [-0.05, 0) is 38.1 Å². The van der Waals surface area contributed by atoms with Crippen LogP contribution in [0.4, 0.5) is 0 Å². The van der Waals surface area contributed by atoms with Gasteiger partial charge in [0.1, 0.15) is 0 Å². The molecule has 0 saturated heterocycles. The van der Waals surface area contributed by atoms with E-state index in [1.165, 1.54) is 25.8 Å². The van der Waals surface area contributed by atoms with Crippen LogP contribution in [0, 0.1) is 11.8 Å². The molecule has 0 bridgehead atoms. The topological polar surface area (TPSA) is 12.5 Å². The first kappa shape index (κ1) is 16.9. The Kier molecular flexibility index (Phi) is 11.0. The molecule has 0 amide bonds. The minimum atomic E-state index is 0.761. The maximum atomic E-state index is 5.66. The van der Waals surface area contributed by atoms with Crippen molar-refractivity contribution in [3.8, 4) is 0 Å². The predicted molar refractivity (Wildman–Crippen MR) is 76.5 cm³/mol. The van der Waals surface area contributed by atoms with Gasteiger partial charge in [-0.3, -0.25) is 0 Å². The molecule has 104 valence electrons. The molecule has 0 aliphatic rings. The summed E-state index contributed by atoms with van der Waals surface area (Å²) >= 11 is 0. The van der Waals surface area contributed by atoms with E-state index in [2.05, 4.69) is 39.6 Å². The summed E-state index contributed by atoms with van der Waals surface area (Å²) in [6.07, 6.45) is 4.98. The maximum absolute atomic E-state index is 5.66. The van der Waals surface area contributed by atoms with Gasteiger partial charge in [0.25, 0.3) is 0 Å². The molecule has 1 atom stereocenters. The summed E-state index contributed by atoms with van der Waals surface area (Å²) in [5.41, 5.74) is 0. The van der Waals surface area contributed by atoms with Gasteiger partial charge in [0.05, 0.1) is 0 Å². The lowest BCUT2D eigenvalue weighted by molar-refractivity contribution is 0.116. The van der Waals surface area contributed by atoms with Crippen LogP contribution in [0.2, 0.25) is 0 Å². The molecular weight excluding hydrogens is 210 g/mol. The number of ether oxygens (including phenoxy) is 1. The fourth-order valence-electron chi connectivity index (χ4n) is 1.99. The molecule has 0 aromatic heterocycles. The van der Waals surface area contributed by atoms with Crippen LogP contribution >= 0.6 is 0 Å². The van der Waals surface area contributed by atoms with Crippen LogP contribution in [0.5, 0.6) is 0 Å². The Hall–Kier alpha value is -0.0800. The average molecular weight is 243 g/mol. The first-order valence-corrected chi connectivity index (χ1v) is 7.32. The zero-order valence-corrected chi connectivity index (χ0v) is 12.7. The van der Waals surface area contributed by atoms with Crippen molar-refractivity contribution in [1.29, 1.82) is 0 Å². The van der Waals surface area contributed by atoms with Crippen molar-refractivity contribution in [3.63, 3.8) is 0 Å². The Morgan fingerprint density at radius 2 is 1.71 bits per heavy atom. The quantitative estimate of drug-likeness (QED) is 0.512. The second-order valence-corrected chi connectivity index (χ2v) is 5.78. The molecule has 0 radical (unpaired) electrons. The summed E-state index contributed by atoms with van der Waals surface area (Å²) in [6, 6.07) is 0. The highest BCUT2D eigenvalue weighted by Crippen LogP contribution is 2.08. The molecule has 0 aromatic rings. The second kappa shape index (κ2) is 11.0. The first-order chi connectivity index (χ1) is 8.06. The minimum absolute atomic E-state index is 0.761. The Bertz CT molecular complexity index is 159. The molecule has 0 aromatic carbocycles. The van der Waals surface area contributed by atoms with Crippen LogP contribution in [0.3, 0.4) is 0 Å². The van der Waals surface area contributed by atoms with Gasteiger partial charge in [-0.2, -0.15) is 0 Å². The molecule has 1 unspecified atom stereocenters. The summed E-state index contributed by atoms with van der Waals surface area (Å²) in [5, 5.41) is 0. The molecular formula is C15H33NO. The van der Waals surface area contributed by atoms with Gasteiger partial charge in [0, 0.05) is 26.3 Å².